The molecule has 0 amide bonds. The molecule has 1 aromatic heterocycles. The molecule has 0 radical (unpaired) electrons. The second-order valence-electron chi connectivity index (χ2n) is 3.82. The van der Waals surface area contributed by atoms with Crippen LogP contribution in [-0.2, 0) is 6.42 Å². The van der Waals surface area contributed by atoms with Crippen LogP contribution >= 0.6 is 0 Å². The predicted octanol–water partition coefficient (Wildman–Crippen LogP) is 2.54. The number of nitrogens with zero attached hydrogens (tertiary/aromatic N) is 1. The molecular weight excluding hydrogens is 216 g/mol. The van der Waals surface area contributed by atoms with Gasteiger partial charge in [0.15, 0.2) is 0 Å². The van der Waals surface area contributed by atoms with Crippen LogP contribution in [0.2, 0.25) is 0 Å². The second kappa shape index (κ2) is 4.41. The Hall–Kier alpha value is -2.10. The van der Waals surface area contributed by atoms with Gasteiger partial charge in [0.1, 0.15) is 11.4 Å². The number of carboxylic acid groups (broad SMARTS) is 1. The maximum absolute atomic E-state index is 11.1. The van der Waals surface area contributed by atoms with Crippen molar-refractivity contribution in [2.75, 3.05) is 12.4 Å². The van der Waals surface area contributed by atoms with Crippen LogP contribution in [0, 0.1) is 0 Å². The first-order chi connectivity index (χ1) is 8.15. The summed E-state index contributed by atoms with van der Waals surface area (Å²) >= 11 is 0. The van der Waals surface area contributed by atoms with E-state index in [1.54, 1.807) is 13.1 Å². The van der Waals surface area contributed by atoms with Crippen molar-refractivity contribution in [1.82, 2.24) is 4.98 Å². The third kappa shape index (κ3) is 2.06. The zero-order valence-corrected chi connectivity index (χ0v) is 9.82. The third-order valence-electron chi connectivity index (χ3n) is 2.75. The maximum atomic E-state index is 11.1. The number of hydrogen-bond donors (Lipinski definition) is 2. The lowest BCUT2D eigenvalue weighted by molar-refractivity contribution is 0.0698. The zero-order valence-electron chi connectivity index (χ0n) is 9.82. The number of aromatic carboxylic acids is 1. The van der Waals surface area contributed by atoms with E-state index in [0.29, 0.717) is 5.82 Å². The molecule has 1 aromatic carbocycles. The van der Waals surface area contributed by atoms with Gasteiger partial charge in [0.2, 0.25) is 0 Å². The average Bonchev–Trinajstić information content (AvgIpc) is 2.36. The largest absolute Gasteiger partial charge is 0.478 e. The van der Waals surface area contributed by atoms with Crippen molar-refractivity contribution in [2.45, 2.75) is 13.3 Å². The zero-order chi connectivity index (χ0) is 12.4. The fourth-order valence-electron chi connectivity index (χ4n) is 1.80. The molecule has 0 bridgehead atoms. The van der Waals surface area contributed by atoms with Gasteiger partial charge < -0.3 is 10.4 Å². The molecule has 0 atom stereocenters. The van der Waals surface area contributed by atoms with E-state index in [4.69, 9.17) is 5.11 Å². The molecule has 88 valence electrons. The topological polar surface area (TPSA) is 62.2 Å². The normalized spacial score (nSPS) is 10.5. The molecule has 4 nitrogen and oxygen atoms in total. The van der Waals surface area contributed by atoms with Gasteiger partial charge in [0, 0.05) is 12.4 Å². The Balaban J connectivity index is 2.69. The fourth-order valence-corrected chi connectivity index (χ4v) is 1.80. The SMILES string of the molecule is CCc1ccc2nc(NC)c(C(=O)O)cc2c1. The van der Waals surface area contributed by atoms with Crippen LogP contribution in [0.1, 0.15) is 22.8 Å². The van der Waals surface area contributed by atoms with Crippen LogP contribution in [-0.4, -0.2) is 23.1 Å². The highest BCUT2D eigenvalue weighted by atomic mass is 16.4. The monoisotopic (exact) mass is 230 g/mol. The number of nitrogens with one attached hydrogen (secondary N) is 1. The number of anilines is 1. The van der Waals surface area contributed by atoms with Crippen LogP contribution in [0.3, 0.4) is 0 Å². The van der Waals surface area contributed by atoms with Crippen molar-refractivity contribution in [2.24, 2.45) is 0 Å². The summed E-state index contributed by atoms with van der Waals surface area (Å²) in [7, 11) is 1.67. The molecule has 0 aliphatic carbocycles. The van der Waals surface area contributed by atoms with Gasteiger partial charge in [-0.15, -0.1) is 0 Å². The minimum absolute atomic E-state index is 0.202. The summed E-state index contributed by atoms with van der Waals surface area (Å²) in [5, 5.41) is 12.8. The molecule has 0 spiro atoms. The van der Waals surface area contributed by atoms with Crippen molar-refractivity contribution in [1.29, 1.82) is 0 Å². The highest BCUT2D eigenvalue weighted by molar-refractivity contribution is 5.98. The summed E-state index contributed by atoms with van der Waals surface area (Å²) in [6.45, 7) is 2.06. The molecule has 0 saturated carbocycles. The Labute approximate surface area is 99.3 Å². The van der Waals surface area contributed by atoms with Crippen LogP contribution in [0.25, 0.3) is 10.9 Å². The molecule has 0 saturated heterocycles. The fraction of sp³-hybridized carbons (Fsp3) is 0.231. The van der Waals surface area contributed by atoms with Gasteiger partial charge in [-0.1, -0.05) is 13.0 Å². The number of rotatable bonds is 3. The Bertz CT molecular complexity index is 579. The van der Waals surface area contributed by atoms with E-state index in [0.717, 1.165) is 17.3 Å². The minimum atomic E-state index is -0.967. The molecule has 17 heavy (non-hydrogen) atoms. The summed E-state index contributed by atoms with van der Waals surface area (Å²) in [5.41, 5.74) is 2.18. The molecule has 4 heteroatoms. The lowest BCUT2D eigenvalue weighted by Gasteiger charge is -2.07. The lowest BCUT2D eigenvalue weighted by atomic mass is 10.1. The quantitative estimate of drug-likeness (QED) is 0.850. The van der Waals surface area contributed by atoms with E-state index in [9.17, 15) is 4.79 Å². The highest BCUT2D eigenvalue weighted by Crippen LogP contribution is 2.21. The van der Waals surface area contributed by atoms with Crippen LogP contribution in [0.5, 0.6) is 0 Å². The molecule has 1 heterocycles. The average molecular weight is 230 g/mol. The van der Waals surface area contributed by atoms with Gasteiger partial charge in [-0.3, -0.25) is 0 Å². The Morgan fingerprint density at radius 2 is 2.18 bits per heavy atom. The highest BCUT2D eigenvalue weighted by Gasteiger charge is 2.12. The van der Waals surface area contributed by atoms with Gasteiger partial charge in [-0.05, 0) is 30.2 Å². The Kier molecular flexibility index (Phi) is 2.95. The summed E-state index contributed by atoms with van der Waals surface area (Å²) in [6, 6.07) is 7.57. The Morgan fingerprint density at radius 3 is 2.76 bits per heavy atom. The standard InChI is InChI=1S/C13H14N2O2/c1-3-8-4-5-11-9(6-8)7-10(13(16)17)12(14-2)15-11/h4-7H,3H2,1-2H3,(H,14,15)(H,16,17). The summed E-state index contributed by atoms with van der Waals surface area (Å²) in [5.74, 6) is -0.570. The van der Waals surface area contributed by atoms with Crippen LogP contribution < -0.4 is 5.32 Å². The van der Waals surface area contributed by atoms with Gasteiger partial charge >= 0.3 is 5.97 Å². The summed E-state index contributed by atoms with van der Waals surface area (Å²) in [4.78, 5) is 15.4. The first kappa shape index (κ1) is 11.4. The lowest BCUT2D eigenvalue weighted by Crippen LogP contribution is -2.05. The van der Waals surface area contributed by atoms with Gasteiger partial charge in [-0.2, -0.15) is 0 Å². The molecule has 0 unspecified atom stereocenters. The van der Waals surface area contributed by atoms with E-state index < -0.39 is 5.97 Å². The van der Waals surface area contributed by atoms with Crippen molar-refractivity contribution in [3.8, 4) is 0 Å². The smallest absolute Gasteiger partial charge is 0.339 e. The third-order valence-corrected chi connectivity index (χ3v) is 2.75. The van der Waals surface area contributed by atoms with Gasteiger partial charge in [-0.25, -0.2) is 9.78 Å². The molecule has 0 aliphatic rings. The molecule has 2 aromatic rings. The molecular formula is C13H14N2O2. The van der Waals surface area contributed by atoms with Crippen molar-refractivity contribution >= 4 is 22.7 Å². The van der Waals surface area contributed by atoms with Crippen molar-refractivity contribution in [3.05, 3.63) is 35.4 Å². The number of carboxylic acids is 1. The number of hydrogen-bond acceptors (Lipinski definition) is 3. The van der Waals surface area contributed by atoms with Crippen molar-refractivity contribution in [3.63, 3.8) is 0 Å². The van der Waals surface area contributed by atoms with Crippen molar-refractivity contribution < 1.29 is 9.90 Å². The molecule has 0 fully saturated rings. The molecule has 0 aliphatic heterocycles. The molecule has 2 N–H and O–H groups in total. The number of pyridine rings is 1. The summed E-state index contributed by atoms with van der Waals surface area (Å²) < 4.78 is 0. The summed E-state index contributed by atoms with van der Waals surface area (Å²) in [6.07, 6.45) is 0.923. The number of benzene rings is 1. The first-order valence-electron chi connectivity index (χ1n) is 5.50. The number of fused-ring (bicyclic) bond motifs is 1. The van der Waals surface area contributed by atoms with E-state index in [1.807, 2.05) is 18.2 Å². The number of aryl methyl sites for hydroxylation is 1. The number of carbonyl (C=O) groups is 1. The molecule has 2 rings (SSSR count). The van der Waals surface area contributed by atoms with Crippen LogP contribution in [0.15, 0.2) is 24.3 Å². The van der Waals surface area contributed by atoms with Gasteiger partial charge in [0.05, 0.1) is 5.52 Å². The maximum Gasteiger partial charge on any atom is 0.339 e. The van der Waals surface area contributed by atoms with E-state index in [-0.39, 0.29) is 5.56 Å². The second-order valence-corrected chi connectivity index (χ2v) is 3.82. The minimum Gasteiger partial charge on any atom is -0.478 e. The Morgan fingerprint density at radius 1 is 1.41 bits per heavy atom. The predicted molar refractivity (Wildman–Crippen MR) is 67.6 cm³/mol. The van der Waals surface area contributed by atoms with Crippen LogP contribution in [0.4, 0.5) is 5.82 Å². The first-order valence-corrected chi connectivity index (χ1v) is 5.50. The van der Waals surface area contributed by atoms with E-state index in [2.05, 4.69) is 17.2 Å². The van der Waals surface area contributed by atoms with E-state index in [1.165, 1.54) is 5.56 Å². The van der Waals surface area contributed by atoms with E-state index >= 15 is 0 Å². The van der Waals surface area contributed by atoms with Gasteiger partial charge in [0.25, 0.3) is 0 Å². The number of aromatic nitrogens is 1.